The van der Waals surface area contributed by atoms with Crippen LogP contribution >= 0.6 is 0 Å². The minimum atomic E-state index is -1.60. The highest BCUT2D eigenvalue weighted by molar-refractivity contribution is 5.98. The van der Waals surface area contributed by atoms with Crippen molar-refractivity contribution in [3.63, 3.8) is 0 Å². The monoisotopic (exact) mass is 427 g/mol. The van der Waals surface area contributed by atoms with Gasteiger partial charge in [-0.1, -0.05) is 20.8 Å². The van der Waals surface area contributed by atoms with E-state index < -0.39 is 66.2 Å². The molecular formula is C21H33NO8. The van der Waals surface area contributed by atoms with Gasteiger partial charge in [-0.05, 0) is 24.7 Å². The largest absolute Gasteiger partial charge is 0.394 e. The quantitative estimate of drug-likeness (QED) is 0.363. The van der Waals surface area contributed by atoms with Crippen molar-refractivity contribution in [2.75, 3.05) is 6.61 Å². The Morgan fingerprint density at radius 1 is 1.00 bits per heavy atom. The summed E-state index contributed by atoms with van der Waals surface area (Å²) in [6.45, 7) is 5.01. The molecule has 2 heterocycles. The molecule has 1 aliphatic carbocycles. The topological polar surface area (TPSA) is 153 Å². The normalized spacial score (nSPS) is 43.2. The van der Waals surface area contributed by atoms with Gasteiger partial charge < -0.3 is 25.2 Å². The van der Waals surface area contributed by atoms with Gasteiger partial charge in [0.05, 0.1) is 12.7 Å². The van der Waals surface area contributed by atoms with E-state index in [9.17, 15) is 34.8 Å². The summed E-state index contributed by atoms with van der Waals surface area (Å²) in [5.41, 5.74) is -1.17. The molecular weight excluding hydrogens is 394 g/mol. The number of amides is 2. The van der Waals surface area contributed by atoms with Gasteiger partial charge in [0, 0.05) is 30.1 Å². The number of aliphatic hydroxyl groups excluding tert-OH is 4. The van der Waals surface area contributed by atoms with Gasteiger partial charge in [-0.3, -0.25) is 19.7 Å². The summed E-state index contributed by atoms with van der Waals surface area (Å²) in [5.74, 6) is -2.18. The summed E-state index contributed by atoms with van der Waals surface area (Å²) in [6.07, 6.45) is -5.77. The third-order valence-corrected chi connectivity index (χ3v) is 7.50. The molecule has 2 aliphatic heterocycles. The predicted octanol–water partition coefficient (Wildman–Crippen LogP) is -0.861. The highest BCUT2D eigenvalue weighted by Gasteiger charge is 2.60. The molecule has 9 nitrogen and oxygen atoms in total. The second-order valence-corrected chi connectivity index (χ2v) is 9.62. The summed E-state index contributed by atoms with van der Waals surface area (Å²) in [4.78, 5) is 37.6. The zero-order valence-electron chi connectivity index (χ0n) is 17.7. The Morgan fingerprint density at radius 3 is 2.17 bits per heavy atom. The highest BCUT2D eigenvalue weighted by Crippen LogP contribution is 2.53. The molecule has 1 saturated carbocycles. The molecule has 0 radical (unpaired) electrons. The van der Waals surface area contributed by atoms with Gasteiger partial charge in [-0.2, -0.15) is 0 Å². The molecule has 0 aromatic carbocycles. The lowest BCUT2D eigenvalue weighted by Crippen LogP contribution is -2.67. The maximum absolute atomic E-state index is 13.3. The molecule has 4 unspecified atom stereocenters. The lowest BCUT2D eigenvalue weighted by atomic mass is 9.54. The fraction of sp³-hybridized carbons (Fsp3) is 0.857. The Balaban J connectivity index is 2.08. The zero-order valence-corrected chi connectivity index (χ0v) is 17.7. The van der Waals surface area contributed by atoms with E-state index in [1.54, 1.807) is 6.92 Å². The van der Waals surface area contributed by atoms with Crippen LogP contribution in [-0.2, 0) is 19.1 Å². The number of hydrogen-bond donors (Lipinski definition) is 5. The van der Waals surface area contributed by atoms with E-state index in [-0.39, 0.29) is 30.5 Å². The van der Waals surface area contributed by atoms with Gasteiger partial charge in [-0.25, -0.2) is 0 Å². The number of carbonyl (C=O) groups is 3. The zero-order chi connectivity index (χ0) is 22.4. The number of ether oxygens (including phenoxy) is 1. The van der Waals surface area contributed by atoms with Gasteiger partial charge >= 0.3 is 0 Å². The minimum Gasteiger partial charge on any atom is -0.394 e. The van der Waals surface area contributed by atoms with Gasteiger partial charge in [0.15, 0.2) is 0 Å². The summed E-state index contributed by atoms with van der Waals surface area (Å²) >= 11 is 0. The van der Waals surface area contributed by atoms with E-state index in [4.69, 9.17) is 4.74 Å². The van der Waals surface area contributed by atoms with Crippen LogP contribution in [0, 0.1) is 29.1 Å². The second-order valence-electron chi connectivity index (χ2n) is 9.62. The van der Waals surface area contributed by atoms with Gasteiger partial charge in [0.2, 0.25) is 11.8 Å². The van der Waals surface area contributed by atoms with Crippen LogP contribution in [0.2, 0.25) is 0 Å². The smallest absolute Gasteiger partial charge is 0.226 e. The average Bonchev–Trinajstić information content (AvgIpc) is 2.68. The highest BCUT2D eigenvalue weighted by atomic mass is 16.5. The molecule has 9 atom stereocenters. The van der Waals surface area contributed by atoms with Crippen molar-refractivity contribution in [2.24, 2.45) is 29.1 Å². The molecule has 3 fully saturated rings. The van der Waals surface area contributed by atoms with E-state index in [1.165, 1.54) is 0 Å². The van der Waals surface area contributed by atoms with Crippen molar-refractivity contribution < 1.29 is 39.5 Å². The van der Waals surface area contributed by atoms with Gasteiger partial charge in [0.1, 0.15) is 30.2 Å². The fourth-order valence-electron chi connectivity index (χ4n) is 5.79. The van der Waals surface area contributed by atoms with Crippen molar-refractivity contribution >= 4 is 17.6 Å². The van der Waals surface area contributed by atoms with E-state index in [0.29, 0.717) is 6.42 Å². The number of ketones is 1. The Kier molecular flexibility index (Phi) is 6.69. The van der Waals surface area contributed by atoms with Crippen molar-refractivity contribution in [2.45, 2.75) is 77.0 Å². The first-order valence-electron chi connectivity index (χ1n) is 10.7. The molecule has 3 rings (SSSR count). The number of piperidine rings is 1. The molecule has 0 aromatic heterocycles. The SMILES string of the molecule is CC1CC(C)C(=O)C(C(C)(C2CC(=O)NC(=O)C2)[C@@H]2O[C@H](CO)[C@H](O)[C@H](O)[C@H]2O)C1. The number of hydrogen-bond acceptors (Lipinski definition) is 8. The molecule has 2 amide bonds. The predicted molar refractivity (Wildman–Crippen MR) is 104 cm³/mol. The summed E-state index contributed by atoms with van der Waals surface area (Å²) in [7, 11) is 0. The lowest BCUT2D eigenvalue weighted by molar-refractivity contribution is -0.269. The number of Topliss-reactive ketones (excluding diaryl/α,β-unsaturated/α-hetero) is 1. The maximum Gasteiger partial charge on any atom is 0.226 e. The van der Waals surface area contributed by atoms with Crippen molar-refractivity contribution in [1.29, 1.82) is 0 Å². The van der Waals surface area contributed by atoms with Crippen LogP contribution in [0.25, 0.3) is 0 Å². The van der Waals surface area contributed by atoms with Crippen LogP contribution in [0.4, 0.5) is 0 Å². The van der Waals surface area contributed by atoms with E-state index in [2.05, 4.69) is 5.32 Å². The third-order valence-electron chi connectivity index (χ3n) is 7.50. The summed E-state index contributed by atoms with van der Waals surface area (Å²) in [6, 6.07) is 0. The molecule has 0 bridgehead atoms. The molecule has 30 heavy (non-hydrogen) atoms. The van der Waals surface area contributed by atoms with Crippen LogP contribution in [0.1, 0.15) is 46.5 Å². The van der Waals surface area contributed by atoms with Crippen LogP contribution in [0.3, 0.4) is 0 Å². The number of carbonyl (C=O) groups excluding carboxylic acids is 3. The van der Waals surface area contributed by atoms with Crippen molar-refractivity contribution in [1.82, 2.24) is 5.32 Å². The van der Waals surface area contributed by atoms with Crippen molar-refractivity contribution in [3.05, 3.63) is 0 Å². The molecule has 3 aliphatic rings. The lowest BCUT2D eigenvalue weighted by Gasteiger charge is -2.55. The Hall–Kier alpha value is -1.39. The second kappa shape index (κ2) is 8.63. The van der Waals surface area contributed by atoms with E-state index in [1.807, 2.05) is 13.8 Å². The number of nitrogens with one attached hydrogen (secondary N) is 1. The van der Waals surface area contributed by atoms with Crippen molar-refractivity contribution in [3.8, 4) is 0 Å². The maximum atomic E-state index is 13.3. The molecule has 5 N–H and O–H groups in total. The summed E-state index contributed by atoms with van der Waals surface area (Å²) < 4.78 is 5.89. The third kappa shape index (κ3) is 3.93. The molecule has 0 spiro atoms. The number of rotatable bonds is 4. The number of aliphatic hydroxyl groups is 4. The van der Waals surface area contributed by atoms with Crippen LogP contribution in [-0.4, -0.2) is 75.2 Å². The van der Waals surface area contributed by atoms with E-state index >= 15 is 0 Å². The van der Waals surface area contributed by atoms with Gasteiger partial charge in [0.25, 0.3) is 0 Å². The fourth-order valence-corrected chi connectivity index (χ4v) is 5.79. The molecule has 9 heteroatoms. The van der Waals surface area contributed by atoms with Crippen LogP contribution in [0.5, 0.6) is 0 Å². The average molecular weight is 427 g/mol. The number of imide groups is 1. The first kappa shape index (κ1) is 23.3. The Bertz CT molecular complexity index is 680. The van der Waals surface area contributed by atoms with Crippen LogP contribution in [0.15, 0.2) is 0 Å². The minimum absolute atomic E-state index is 0.0222. The van der Waals surface area contributed by atoms with Crippen LogP contribution < -0.4 is 5.32 Å². The first-order valence-corrected chi connectivity index (χ1v) is 10.7. The van der Waals surface area contributed by atoms with Gasteiger partial charge in [-0.15, -0.1) is 0 Å². The van der Waals surface area contributed by atoms with E-state index in [0.717, 1.165) is 6.42 Å². The Morgan fingerprint density at radius 2 is 1.60 bits per heavy atom. The molecule has 2 saturated heterocycles. The Labute approximate surface area is 175 Å². The first-order chi connectivity index (χ1) is 14.0. The molecule has 170 valence electrons. The summed E-state index contributed by atoms with van der Waals surface area (Å²) in [5, 5.41) is 43.3. The molecule has 0 aromatic rings. The standard InChI is InChI=1S/C21H33NO8/c1-9-4-10(2)16(26)12(5-9)21(3,11-6-14(24)22-15(25)7-11)20-19(29)18(28)17(27)13(8-23)30-20/h9-13,17-20,23,27-29H,4-8H2,1-3H3,(H,22,24,25)/t9?,10?,12?,13-,17+,18+,19-,20-,21?/m1/s1.